The molecule has 2 amide bonds. The van der Waals surface area contributed by atoms with Gasteiger partial charge in [0, 0.05) is 11.5 Å². The van der Waals surface area contributed by atoms with Crippen LogP contribution in [-0.4, -0.2) is 20.9 Å². The average molecular weight is 419 g/mol. The minimum Gasteiger partial charge on any atom is -0.392 e. The van der Waals surface area contributed by atoms with Gasteiger partial charge in [-0.2, -0.15) is 5.10 Å². The van der Waals surface area contributed by atoms with E-state index in [2.05, 4.69) is 49.6 Å². The molecule has 1 aliphatic carbocycles. The number of carbonyl (C=O) groups is 1. The lowest BCUT2D eigenvalue weighted by molar-refractivity contribution is 0.247. The van der Waals surface area contributed by atoms with Crippen molar-refractivity contribution in [3.05, 3.63) is 77.0 Å². The predicted octanol–water partition coefficient (Wildman–Crippen LogP) is 4.86. The number of aromatic nitrogens is 2. The summed E-state index contributed by atoms with van der Waals surface area (Å²) in [5.74, 6) is 0.614. The quantitative estimate of drug-likeness (QED) is 0.566. The van der Waals surface area contributed by atoms with Gasteiger partial charge in [-0.3, -0.25) is 5.32 Å². The molecule has 3 aromatic rings. The minimum absolute atomic E-state index is 0.00671. The summed E-state index contributed by atoms with van der Waals surface area (Å²) in [6, 6.07) is 17.5. The number of aliphatic hydroxyl groups is 1. The van der Waals surface area contributed by atoms with Crippen molar-refractivity contribution in [1.82, 2.24) is 15.1 Å². The molecule has 4 rings (SSSR count). The number of fused-ring (bicyclic) bond motifs is 1. The molecule has 0 saturated carbocycles. The molecule has 0 unspecified atom stereocenters. The number of urea groups is 1. The third kappa shape index (κ3) is 4.64. The molecule has 1 aliphatic rings. The lowest BCUT2D eigenvalue weighted by Gasteiger charge is -2.26. The van der Waals surface area contributed by atoms with Crippen molar-refractivity contribution in [1.29, 1.82) is 0 Å². The Balaban J connectivity index is 1.58. The smallest absolute Gasteiger partial charge is 0.320 e. The van der Waals surface area contributed by atoms with Gasteiger partial charge >= 0.3 is 6.03 Å². The van der Waals surface area contributed by atoms with Crippen molar-refractivity contribution in [3.8, 4) is 5.69 Å². The molecular formula is C25H30N4O2. The number of anilines is 1. The Morgan fingerprint density at radius 1 is 1.16 bits per heavy atom. The molecule has 3 N–H and O–H groups in total. The molecule has 0 radical (unpaired) electrons. The Bertz CT molecular complexity index is 1060. The highest BCUT2D eigenvalue weighted by Crippen LogP contribution is 2.30. The van der Waals surface area contributed by atoms with Crippen LogP contribution in [0.25, 0.3) is 5.69 Å². The van der Waals surface area contributed by atoms with Gasteiger partial charge in [0.15, 0.2) is 0 Å². The summed E-state index contributed by atoms with van der Waals surface area (Å²) >= 11 is 0. The van der Waals surface area contributed by atoms with E-state index in [0.29, 0.717) is 5.82 Å². The summed E-state index contributed by atoms with van der Waals surface area (Å²) in [4.78, 5) is 12.9. The third-order valence-corrected chi connectivity index (χ3v) is 5.76. The molecule has 31 heavy (non-hydrogen) atoms. The first-order valence-electron chi connectivity index (χ1n) is 10.8. The maximum Gasteiger partial charge on any atom is 0.320 e. The van der Waals surface area contributed by atoms with Gasteiger partial charge in [-0.25, -0.2) is 9.48 Å². The number of rotatable bonds is 4. The van der Waals surface area contributed by atoms with Gasteiger partial charge in [-0.15, -0.1) is 0 Å². The fraction of sp³-hybridized carbons (Fsp3) is 0.360. The molecule has 0 saturated heterocycles. The number of nitrogens with zero attached hydrogens (tertiary/aromatic N) is 2. The molecule has 0 spiro atoms. The summed E-state index contributed by atoms with van der Waals surface area (Å²) in [6.07, 6.45) is 3.05. The zero-order valence-corrected chi connectivity index (χ0v) is 18.4. The highest BCUT2D eigenvalue weighted by Gasteiger charge is 2.24. The van der Waals surface area contributed by atoms with E-state index in [1.54, 1.807) is 4.68 Å². The van der Waals surface area contributed by atoms with Crippen molar-refractivity contribution in [2.45, 2.75) is 58.1 Å². The summed E-state index contributed by atoms with van der Waals surface area (Å²) in [5, 5.41) is 20.2. The predicted molar refractivity (Wildman–Crippen MR) is 122 cm³/mol. The monoisotopic (exact) mass is 418 g/mol. The molecule has 2 aromatic carbocycles. The Kier molecular flexibility index (Phi) is 5.83. The number of hydrogen-bond acceptors (Lipinski definition) is 3. The van der Waals surface area contributed by atoms with Crippen LogP contribution in [0.2, 0.25) is 0 Å². The topological polar surface area (TPSA) is 79.2 Å². The Labute approximate surface area is 183 Å². The van der Waals surface area contributed by atoms with Gasteiger partial charge in [0.25, 0.3) is 0 Å². The second-order valence-electron chi connectivity index (χ2n) is 9.14. The highest BCUT2D eigenvalue weighted by molar-refractivity contribution is 5.89. The Morgan fingerprint density at radius 3 is 2.61 bits per heavy atom. The zero-order valence-electron chi connectivity index (χ0n) is 18.4. The van der Waals surface area contributed by atoms with Crippen molar-refractivity contribution >= 4 is 11.8 Å². The van der Waals surface area contributed by atoms with Crippen molar-refractivity contribution < 1.29 is 9.90 Å². The summed E-state index contributed by atoms with van der Waals surface area (Å²) in [5.41, 5.74) is 4.89. The van der Waals surface area contributed by atoms with Gasteiger partial charge in [0.05, 0.1) is 24.0 Å². The number of aryl methyl sites for hydroxylation is 1. The molecule has 162 valence electrons. The van der Waals surface area contributed by atoms with Gasteiger partial charge in [0.1, 0.15) is 5.82 Å². The van der Waals surface area contributed by atoms with Crippen molar-refractivity contribution in [2.75, 3.05) is 5.32 Å². The van der Waals surface area contributed by atoms with Crippen LogP contribution in [0.4, 0.5) is 10.6 Å². The lowest BCUT2D eigenvalue weighted by Crippen LogP contribution is -2.34. The number of nitrogens with one attached hydrogen (secondary N) is 2. The molecule has 6 heteroatoms. The van der Waals surface area contributed by atoms with Crippen LogP contribution in [0.1, 0.15) is 62.0 Å². The number of carbonyl (C=O) groups excluding carboxylic acids is 1. The largest absolute Gasteiger partial charge is 0.392 e. The van der Waals surface area contributed by atoms with E-state index < -0.39 is 0 Å². The number of amides is 2. The van der Waals surface area contributed by atoms with Crippen LogP contribution >= 0.6 is 0 Å². The molecule has 0 aliphatic heterocycles. The summed E-state index contributed by atoms with van der Waals surface area (Å²) in [7, 11) is 0. The number of aliphatic hydroxyl groups excluding tert-OH is 1. The number of benzene rings is 2. The number of hydrogen-bond donors (Lipinski definition) is 3. The second kappa shape index (κ2) is 8.55. The van der Waals surface area contributed by atoms with Crippen LogP contribution in [-0.2, 0) is 18.4 Å². The van der Waals surface area contributed by atoms with E-state index in [0.717, 1.165) is 36.2 Å². The molecule has 1 atom stereocenters. The zero-order chi connectivity index (χ0) is 22.0. The lowest BCUT2D eigenvalue weighted by atomic mass is 9.88. The maximum absolute atomic E-state index is 12.9. The first-order chi connectivity index (χ1) is 14.8. The van der Waals surface area contributed by atoms with E-state index >= 15 is 0 Å². The first-order valence-corrected chi connectivity index (χ1v) is 10.8. The van der Waals surface area contributed by atoms with E-state index in [1.807, 2.05) is 36.4 Å². The highest BCUT2D eigenvalue weighted by atomic mass is 16.3. The summed E-state index contributed by atoms with van der Waals surface area (Å²) in [6.45, 7) is 6.27. The maximum atomic E-state index is 12.9. The average Bonchev–Trinajstić information content (AvgIpc) is 3.18. The van der Waals surface area contributed by atoms with Gasteiger partial charge in [0.2, 0.25) is 0 Å². The molecule has 6 nitrogen and oxygen atoms in total. The molecule has 1 heterocycles. The third-order valence-electron chi connectivity index (χ3n) is 5.76. The molecule has 1 aromatic heterocycles. The normalized spacial score (nSPS) is 15.9. The van der Waals surface area contributed by atoms with Gasteiger partial charge in [-0.05, 0) is 48.1 Å². The van der Waals surface area contributed by atoms with Gasteiger partial charge in [-0.1, -0.05) is 57.2 Å². The first kappa shape index (κ1) is 21.1. The standard InChI is InChI=1S/C25H30N4O2/c1-25(2,3)22-15-23(29(28-22)19-13-11-17(16-30)12-14-19)27-24(31)26-21-10-6-8-18-7-4-5-9-20(18)21/h4-5,7,9,11-15,21,30H,6,8,10,16H2,1-3H3,(H2,26,27,31)/t21-/m0/s1. The summed E-state index contributed by atoms with van der Waals surface area (Å²) < 4.78 is 1.75. The van der Waals surface area contributed by atoms with Crippen LogP contribution < -0.4 is 10.6 Å². The van der Waals surface area contributed by atoms with E-state index in [9.17, 15) is 9.90 Å². The van der Waals surface area contributed by atoms with E-state index in [1.165, 1.54) is 11.1 Å². The van der Waals surface area contributed by atoms with Gasteiger partial charge < -0.3 is 10.4 Å². The van der Waals surface area contributed by atoms with Crippen molar-refractivity contribution in [2.24, 2.45) is 0 Å². The molecular weight excluding hydrogens is 388 g/mol. The van der Waals surface area contributed by atoms with Crippen LogP contribution in [0, 0.1) is 0 Å². The van der Waals surface area contributed by atoms with E-state index in [-0.39, 0.29) is 24.1 Å². The SMILES string of the molecule is CC(C)(C)c1cc(NC(=O)N[C@H]2CCCc3ccccc32)n(-c2ccc(CO)cc2)n1. The molecule has 0 fully saturated rings. The molecule has 0 bridgehead atoms. The van der Waals surface area contributed by atoms with Crippen LogP contribution in [0.5, 0.6) is 0 Å². The Morgan fingerprint density at radius 2 is 1.90 bits per heavy atom. The second-order valence-corrected chi connectivity index (χ2v) is 9.14. The minimum atomic E-state index is -0.240. The van der Waals surface area contributed by atoms with Crippen molar-refractivity contribution in [3.63, 3.8) is 0 Å². The van der Waals surface area contributed by atoms with Crippen LogP contribution in [0.15, 0.2) is 54.6 Å². The fourth-order valence-electron chi connectivity index (χ4n) is 3.99. The van der Waals surface area contributed by atoms with E-state index in [4.69, 9.17) is 5.10 Å². The fourth-order valence-corrected chi connectivity index (χ4v) is 3.99. The Hall–Kier alpha value is -3.12. The van der Waals surface area contributed by atoms with Crippen LogP contribution in [0.3, 0.4) is 0 Å².